The SMILES string of the molecule is CCSc1nc(Nc2cc(N(CC)CC)c(OC)cc2N=Nc2nc(N3CCCCC3)c(/C=C(/C(C)=O)C(=O)Nc3ccc(S(=O)(=O)O)cc3)s2)nc(Nc2cc(N(CC)CC)c(OC)cc2N=Nc2nc(N3CCCCC3)c(/C=C(\C(C)=O)C(=O)Nc3ccc(S(=O)(=O)O)cc3)s2)n1. The molecule has 6 N–H and O–H groups in total. The summed E-state index contributed by atoms with van der Waals surface area (Å²) in [5, 5.41) is 31.8. The molecule has 9 rings (SSSR count). The summed E-state index contributed by atoms with van der Waals surface area (Å²) in [6, 6.07) is 16.9. The molecule has 2 aliphatic heterocycles. The van der Waals surface area contributed by atoms with Gasteiger partial charge < -0.3 is 50.3 Å². The van der Waals surface area contributed by atoms with Crippen LogP contribution in [0.15, 0.2) is 119 Å². The van der Waals surface area contributed by atoms with E-state index < -0.39 is 43.6 Å². The van der Waals surface area contributed by atoms with Crippen LogP contribution < -0.4 is 50.3 Å². The zero-order valence-electron chi connectivity index (χ0n) is 56.0. The summed E-state index contributed by atoms with van der Waals surface area (Å²) < 4.78 is 77.7. The number of rotatable bonds is 30. The van der Waals surface area contributed by atoms with Gasteiger partial charge in [0, 0.05) is 75.9 Å². The Hall–Kier alpha value is -9.32. The summed E-state index contributed by atoms with van der Waals surface area (Å²) in [6.07, 6.45) is 8.51. The van der Waals surface area contributed by atoms with E-state index in [1.165, 1.54) is 62.0 Å². The molecule has 29 nitrogen and oxygen atoms in total. The van der Waals surface area contributed by atoms with Crippen LogP contribution in [0.3, 0.4) is 0 Å². The topological polar surface area (TPSA) is 370 Å². The number of anilines is 10. The fraction of sp³-hybridized carbons (Fsp3) is 0.369. The van der Waals surface area contributed by atoms with E-state index in [-0.39, 0.29) is 54.5 Å². The maximum atomic E-state index is 13.8. The number of Topliss-reactive ketones (excluding diaryl/α,β-unsaturated/α-hetero) is 2. The lowest BCUT2D eigenvalue weighted by Gasteiger charge is -2.27. The van der Waals surface area contributed by atoms with Gasteiger partial charge in [0.25, 0.3) is 32.1 Å². The van der Waals surface area contributed by atoms with Crippen molar-refractivity contribution in [1.82, 2.24) is 24.9 Å². The predicted octanol–water partition coefficient (Wildman–Crippen LogP) is 13.6. The Morgan fingerprint density at radius 3 is 1.25 bits per heavy atom. The monoisotopic (exact) mass is 1450 g/mol. The maximum absolute atomic E-state index is 13.8. The Bertz CT molecular complexity index is 4190. The van der Waals surface area contributed by atoms with Gasteiger partial charge in [-0.15, -0.1) is 20.5 Å². The molecular weight excluding hydrogens is 1370 g/mol. The molecule has 0 saturated carbocycles. The van der Waals surface area contributed by atoms with Gasteiger partial charge in [-0.05, 0) is 159 Å². The second-order valence-corrected chi connectivity index (χ2v) is 28.5. The maximum Gasteiger partial charge on any atom is 0.294 e. The molecule has 7 aromatic rings. The molecule has 99 heavy (non-hydrogen) atoms. The summed E-state index contributed by atoms with van der Waals surface area (Å²) in [5.41, 5.74) is 2.89. The number of nitrogens with zero attached hydrogens (tertiary/aromatic N) is 13. The van der Waals surface area contributed by atoms with Crippen molar-refractivity contribution in [2.75, 3.05) is 113 Å². The Morgan fingerprint density at radius 1 is 0.556 bits per heavy atom. The third-order valence-corrected chi connectivity index (χ3v) is 20.1. The zero-order chi connectivity index (χ0) is 71.1. The minimum atomic E-state index is -4.49. The number of methoxy groups -OCH3 is 2. The van der Waals surface area contributed by atoms with Gasteiger partial charge in [-0.25, -0.2) is 0 Å². The van der Waals surface area contributed by atoms with Crippen LogP contribution >= 0.6 is 34.4 Å². The van der Waals surface area contributed by atoms with Crippen molar-refractivity contribution in [2.24, 2.45) is 20.5 Å². The lowest BCUT2D eigenvalue weighted by molar-refractivity contribution is -0.120. The summed E-state index contributed by atoms with van der Waals surface area (Å²) in [7, 11) is -5.85. The second-order valence-electron chi connectivity index (χ2n) is 22.4. The number of benzene rings is 4. The van der Waals surface area contributed by atoms with Crippen LogP contribution in [0, 0.1) is 0 Å². The molecule has 0 unspecified atom stereocenters. The Balaban J connectivity index is 1.09. The number of piperidine rings is 2. The number of hydrogen-bond donors (Lipinski definition) is 6. The molecule has 0 spiro atoms. The third kappa shape index (κ3) is 18.9. The molecule has 0 atom stereocenters. The van der Waals surface area contributed by atoms with Crippen LogP contribution in [0.2, 0.25) is 0 Å². The van der Waals surface area contributed by atoms with E-state index in [0.717, 1.165) is 96.8 Å². The summed E-state index contributed by atoms with van der Waals surface area (Å²) >= 11 is 3.62. The van der Waals surface area contributed by atoms with Crippen molar-refractivity contribution in [1.29, 1.82) is 0 Å². The Morgan fingerprint density at radius 2 is 0.929 bits per heavy atom. The zero-order valence-corrected chi connectivity index (χ0v) is 60.1. The first kappa shape index (κ1) is 73.9. The van der Waals surface area contributed by atoms with Gasteiger partial charge in [0.15, 0.2) is 16.7 Å². The molecule has 2 saturated heterocycles. The highest BCUT2D eigenvalue weighted by atomic mass is 32.2. The minimum absolute atomic E-state index is 0.122. The number of amides is 2. The van der Waals surface area contributed by atoms with Gasteiger partial charge in [0.2, 0.25) is 22.2 Å². The summed E-state index contributed by atoms with van der Waals surface area (Å²) in [6.45, 7) is 17.8. The van der Waals surface area contributed by atoms with Crippen molar-refractivity contribution in [3.05, 3.63) is 93.7 Å². The summed E-state index contributed by atoms with van der Waals surface area (Å²) in [5.74, 6) is 0.253. The van der Waals surface area contributed by atoms with Crippen molar-refractivity contribution in [2.45, 2.75) is 102 Å². The number of azo groups is 2. The summed E-state index contributed by atoms with van der Waals surface area (Å²) in [4.78, 5) is 87.2. The van der Waals surface area contributed by atoms with Gasteiger partial charge in [0.1, 0.15) is 34.5 Å². The van der Waals surface area contributed by atoms with Crippen molar-refractivity contribution in [3.8, 4) is 11.5 Å². The highest BCUT2D eigenvalue weighted by Crippen LogP contribution is 2.45. The average Bonchev–Trinajstić information content (AvgIpc) is 1.76. The van der Waals surface area contributed by atoms with Gasteiger partial charge in [-0.1, -0.05) is 41.4 Å². The smallest absolute Gasteiger partial charge is 0.294 e. The Labute approximate surface area is 586 Å². The number of thiazole rings is 2. The molecule has 2 aliphatic rings. The molecule has 0 aliphatic carbocycles. The molecular formula is C65H77N17O12S5. The first-order chi connectivity index (χ1) is 47.4. The van der Waals surface area contributed by atoms with Crippen LogP contribution in [0.1, 0.15) is 96.7 Å². The fourth-order valence-corrected chi connectivity index (χ4v) is 14.1. The third-order valence-electron chi connectivity index (χ3n) is 15.8. The highest BCUT2D eigenvalue weighted by molar-refractivity contribution is 7.99. The van der Waals surface area contributed by atoms with E-state index in [2.05, 4.69) is 51.1 Å². The first-order valence-corrected chi connectivity index (χ1v) is 37.4. The van der Waals surface area contributed by atoms with Gasteiger partial charge in [-0.3, -0.25) is 28.3 Å². The predicted molar refractivity (Wildman–Crippen MR) is 388 cm³/mol. The molecule has 5 heterocycles. The molecule has 2 amide bonds. The molecule has 4 aromatic carbocycles. The number of carbonyl (C=O) groups is 4. The van der Waals surface area contributed by atoms with Crippen molar-refractivity contribution in [3.63, 3.8) is 0 Å². The number of carbonyl (C=O) groups excluding carboxylic acids is 4. The standard InChI is InChI=1S/C65H77N17O12S5/c1-10-79(11-2)51-35-47(49(37-53(51)93-8)75-77-64-70-57(81-29-17-15-18-30-81)55(96-64)33-45(39(6)83)59(85)66-41-21-25-43(26-22-41)98(87,88)89)68-61-72-62(74-63(73-61)95-14-5)69-48-36-52(80(12-3)13-4)54(94-9)38-50(48)76-78-65-71-58(82-31-19-16-20-32-82)56(97-65)34-46(40(7)84)60(86)67-42-23-27-44(28-24-42)99(90,91)92/h21-28,33-38H,10-20,29-32H2,1-9H3,(H,66,85)(H,67,86)(H,87,88,89)(H,90,91,92)(H2,68,69,72,73,74)/b45-33-,46-34+,77-75?,78-76?. The van der Waals surface area contributed by atoms with Crippen LogP contribution in [0.25, 0.3) is 12.2 Å². The van der Waals surface area contributed by atoms with E-state index in [0.29, 0.717) is 119 Å². The number of ether oxygens (including phenoxy) is 2. The van der Waals surface area contributed by atoms with E-state index in [9.17, 15) is 45.1 Å². The lowest BCUT2D eigenvalue weighted by atomic mass is 10.1. The van der Waals surface area contributed by atoms with Crippen molar-refractivity contribution >= 4 is 169 Å². The second kappa shape index (κ2) is 33.5. The fourth-order valence-electron chi connectivity index (χ4n) is 10.8. The van der Waals surface area contributed by atoms with E-state index >= 15 is 0 Å². The lowest BCUT2D eigenvalue weighted by Crippen LogP contribution is -2.30. The normalized spacial score (nSPS) is 14.0. The molecule has 34 heteroatoms. The average molecular weight is 1450 g/mol. The van der Waals surface area contributed by atoms with Crippen LogP contribution in [-0.2, 0) is 39.4 Å². The number of ketones is 2. The number of aromatic nitrogens is 5. The quantitative estimate of drug-likeness (QED) is 0.00608. The molecule has 3 aromatic heterocycles. The first-order valence-electron chi connectivity index (χ1n) is 31.9. The molecule has 0 bridgehead atoms. The van der Waals surface area contributed by atoms with E-state index in [1.807, 2.05) is 46.8 Å². The van der Waals surface area contributed by atoms with Crippen LogP contribution in [-0.4, -0.2) is 147 Å². The van der Waals surface area contributed by atoms with Crippen molar-refractivity contribution < 1.29 is 54.6 Å². The van der Waals surface area contributed by atoms with Gasteiger partial charge >= 0.3 is 0 Å². The Kier molecular flexibility index (Phi) is 25.0. The highest BCUT2D eigenvalue weighted by Gasteiger charge is 2.27. The number of thioether (sulfide) groups is 1. The largest absolute Gasteiger partial charge is 0.494 e. The van der Waals surface area contributed by atoms with Crippen LogP contribution in [0.4, 0.5) is 79.3 Å². The molecule has 524 valence electrons. The van der Waals surface area contributed by atoms with E-state index in [1.54, 1.807) is 26.4 Å². The van der Waals surface area contributed by atoms with E-state index in [4.69, 9.17) is 44.6 Å². The number of nitrogens with one attached hydrogen (secondary N) is 4. The van der Waals surface area contributed by atoms with Crippen LogP contribution in [0.5, 0.6) is 11.5 Å². The van der Waals surface area contributed by atoms with Gasteiger partial charge in [-0.2, -0.15) is 41.8 Å². The molecule has 2 fully saturated rings. The van der Waals surface area contributed by atoms with Gasteiger partial charge in [0.05, 0.1) is 67.7 Å². The number of hydrogen-bond acceptors (Lipinski definition) is 28. The molecule has 0 radical (unpaired) electrons. The minimum Gasteiger partial charge on any atom is -0.494 e.